The number of anilines is 1. The molecular formula is C14H18F3NO. The van der Waals surface area contributed by atoms with Crippen molar-refractivity contribution in [1.29, 1.82) is 0 Å². The summed E-state index contributed by atoms with van der Waals surface area (Å²) in [6.45, 7) is 4.45. The largest absolute Gasteiger partial charge is 0.573 e. The predicted octanol–water partition coefficient (Wildman–Crippen LogP) is 4.74. The molecule has 0 amide bonds. The number of alkyl halides is 3. The van der Waals surface area contributed by atoms with Crippen molar-refractivity contribution < 1.29 is 17.9 Å². The number of unbranched alkanes of at least 4 members (excludes halogenated alkanes) is 3. The molecule has 0 bridgehead atoms. The maximum atomic E-state index is 11.9. The number of nitrogens with one attached hydrogen (secondary N) is 1. The molecule has 0 fully saturated rings. The Labute approximate surface area is 111 Å². The van der Waals surface area contributed by atoms with E-state index in [1.165, 1.54) is 12.1 Å². The van der Waals surface area contributed by atoms with Gasteiger partial charge in [-0.1, -0.05) is 12.5 Å². The molecule has 1 aromatic carbocycles. The highest BCUT2D eigenvalue weighted by Gasteiger charge is 2.30. The SMILES string of the molecule is C=CCCCCCNc1ccc(OC(F)(F)F)cc1. The van der Waals surface area contributed by atoms with E-state index in [2.05, 4.69) is 16.6 Å². The third-order valence-electron chi connectivity index (χ3n) is 2.50. The van der Waals surface area contributed by atoms with Crippen molar-refractivity contribution in [2.24, 2.45) is 0 Å². The van der Waals surface area contributed by atoms with Crippen molar-refractivity contribution in [3.63, 3.8) is 0 Å². The molecule has 1 rings (SSSR count). The first-order valence-electron chi connectivity index (χ1n) is 6.22. The topological polar surface area (TPSA) is 21.3 Å². The molecule has 0 unspecified atom stereocenters. The number of rotatable bonds is 8. The van der Waals surface area contributed by atoms with E-state index in [0.29, 0.717) is 0 Å². The molecule has 0 aliphatic heterocycles. The van der Waals surface area contributed by atoms with Gasteiger partial charge in [0.15, 0.2) is 0 Å². The highest BCUT2D eigenvalue weighted by molar-refractivity contribution is 5.46. The van der Waals surface area contributed by atoms with Gasteiger partial charge in [0.2, 0.25) is 0 Å². The van der Waals surface area contributed by atoms with E-state index in [1.807, 2.05) is 6.08 Å². The molecule has 1 N–H and O–H groups in total. The molecule has 1 aromatic rings. The van der Waals surface area contributed by atoms with Gasteiger partial charge in [-0.3, -0.25) is 0 Å². The fraction of sp³-hybridized carbons (Fsp3) is 0.429. The third kappa shape index (κ3) is 7.39. The minimum absolute atomic E-state index is 0.205. The maximum Gasteiger partial charge on any atom is 0.573 e. The summed E-state index contributed by atoms with van der Waals surface area (Å²) in [5.74, 6) is -0.205. The van der Waals surface area contributed by atoms with Crippen LogP contribution in [0.2, 0.25) is 0 Å². The minimum atomic E-state index is -4.64. The Morgan fingerprint density at radius 2 is 1.79 bits per heavy atom. The van der Waals surface area contributed by atoms with Crippen LogP contribution in [-0.4, -0.2) is 12.9 Å². The van der Waals surface area contributed by atoms with Crippen LogP contribution in [0.4, 0.5) is 18.9 Å². The smallest absolute Gasteiger partial charge is 0.406 e. The normalized spacial score (nSPS) is 11.1. The second kappa shape index (κ2) is 7.71. The van der Waals surface area contributed by atoms with Crippen molar-refractivity contribution >= 4 is 5.69 Å². The van der Waals surface area contributed by atoms with Crippen molar-refractivity contribution in [3.8, 4) is 5.75 Å². The van der Waals surface area contributed by atoms with Crippen molar-refractivity contribution in [3.05, 3.63) is 36.9 Å². The summed E-state index contributed by atoms with van der Waals surface area (Å²) in [5, 5.41) is 3.15. The molecule has 0 spiro atoms. The first-order valence-corrected chi connectivity index (χ1v) is 6.22. The van der Waals surface area contributed by atoms with Crippen LogP contribution in [0.1, 0.15) is 25.7 Å². The van der Waals surface area contributed by atoms with E-state index in [4.69, 9.17) is 0 Å². The Bertz CT molecular complexity index is 373. The zero-order valence-corrected chi connectivity index (χ0v) is 10.7. The molecule has 0 aromatic heterocycles. The summed E-state index contributed by atoms with van der Waals surface area (Å²) < 4.78 is 39.6. The van der Waals surface area contributed by atoms with Crippen molar-refractivity contribution in [1.82, 2.24) is 0 Å². The van der Waals surface area contributed by atoms with Crippen LogP contribution in [0.5, 0.6) is 5.75 Å². The van der Waals surface area contributed by atoms with Gasteiger partial charge >= 0.3 is 6.36 Å². The Morgan fingerprint density at radius 3 is 2.37 bits per heavy atom. The standard InChI is InChI=1S/C14H18F3NO/c1-2-3-4-5-6-11-18-12-7-9-13(10-8-12)19-14(15,16)17/h2,7-10,18H,1,3-6,11H2. The second-order valence-corrected chi connectivity index (χ2v) is 4.14. The van der Waals surface area contributed by atoms with Gasteiger partial charge in [0, 0.05) is 12.2 Å². The van der Waals surface area contributed by atoms with Crippen LogP contribution >= 0.6 is 0 Å². The molecule has 0 radical (unpaired) electrons. The lowest BCUT2D eigenvalue weighted by Gasteiger charge is -2.10. The first kappa shape index (κ1) is 15.4. The van der Waals surface area contributed by atoms with Gasteiger partial charge in [-0.25, -0.2) is 0 Å². The molecule has 19 heavy (non-hydrogen) atoms. The summed E-state index contributed by atoms with van der Waals surface area (Å²) in [5.41, 5.74) is 0.790. The van der Waals surface area contributed by atoms with Crippen molar-refractivity contribution in [2.75, 3.05) is 11.9 Å². The Hall–Kier alpha value is -1.65. The van der Waals surface area contributed by atoms with Gasteiger partial charge in [-0.2, -0.15) is 0 Å². The Morgan fingerprint density at radius 1 is 1.11 bits per heavy atom. The highest BCUT2D eigenvalue weighted by atomic mass is 19.4. The summed E-state index contributed by atoms with van der Waals surface area (Å²) in [7, 11) is 0. The van der Waals surface area contributed by atoms with Gasteiger partial charge in [-0.05, 0) is 43.5 Å². The third-order valence-corrected chi connectivity index (χ3v) is 2.50. The van der Waals surface area contributed by atoms with E-state index >= 15 is 0 Å². The molecule has 0 saturated heterocycles. The second-order valence-electron chi connectivity index (χ2n) is 4.14. The minimum Gasteiger partial charge on any atom is -0.406 e. The fourth-order valence-corrected chi connectivity index (χ4v) is 1.60. The number of benzene rings is 1. The predicted molar refractivity (Wildman–Crippen MR) is 70.3 cm³/mol. The number of allylic oxidation sites excluding steroid dienone is 1. The van der Waals surface area contributed by atoms with Crippen LogP contribution in [0.25, 0.3) is 0 Å². The quantitative estimate of drug-likeness (QED) is 0.545. The molecule has 0 heterocycles. The number of halogens is 3. The first-order chi connectivity index (χ1) is 9.01. The molecule has 0 aliphatic carbocycles. The van der Waals surface area contributed by atoms with E-state index in [9.17, 15) is 13.2 Å². The van der Waals surface area contributed by atoms with Crippen LogP contribution in [-0.2, 0) is 0 Å². The summed E-state index contributed by atoms with van der Waals surface area (Å²) in [6, 6.07) is 5.75. The zero-order chi connectivity index (χ0) is 14.1. The monoisotopic (exact) mass is 273 g/mol. The van der Waals surface area contributed by atoms with Crippen LogP contribution in [0.3, 0.4) is 0 Å². The number of hydrogen-bond donors (Lipinski definition) is 1. The number of ether oxygens (including phenoxy) is 1. The van der Waals surface area contributed by atoms with E-state index in [-0.39, 0.29) is 5.75 Å². The molecular weight excluding hydrogens is 255 g/mol. The van der Waals surface area contributed by atoms with E-state index < -0.39 is 6.36 Å². The van der Waals surface area contributed by atoms with Gasteiger partial charge in [-0.15, -0.1) is 19.8 Å². The molecule has 2 nitrogen and oxygen atoms in total. The lowest BCUT2D eigenvalue weighted by atomic mass is 10.2. The summed E-state index contributed by atoms with van der Waals surface area (Å²) in [6.07, 6.45) is 1.52. The highest BCUT2D eigenvalue weighted by Crippen LogP contribution is 2.23. The van der Waals surface area contributed by atoms with Crippen LogP contribution in [0, 0.1) is 0 Å². The van der Waals surface area contributed by atoms with E-state index in [0.717, 1.165) is 37.9 Å². The maximum absolute atomic E-state index is 11.9. The molecule has 0 aliphatic rings. The lowest BCUT2D eigenvalue weighted by molar-refractivity contribution is -0.274. The summed E-state index contributed by atoms with van der Waals surface area (Å²) in [4.78, 5) is 0. The molecule has 106 valence electrons. The zero-order valence-electron chi connectivity index (χ0n) is 10.7. The number of hydrogen-bond acceptors (Lipinski definition) is 2. The van der Waals surface area contributed by atoms with Crippen molar-refractivity contribution in [2.45, 2.75) is 32.0 Å². The average Bonchev–Trinajstić information content (AvgIpc) is 2.34. The van der Waals surface area contributed by atoms with Gasteiger partial charge in [0.05, 0.1) is 0 Å². The molecule has 0 atom stereocenters. The lowest BCUT2D eigenvalue weighted by Crippen LogP contribution is -2.17. The average molecular weight is 273 g/mol. The molecule has 5 heteroatoms. The Balaban J connectivity index is 2.26. The molecule has 0 saturated carbocycles. The van der Waals surface area contributed by atoms with Gasteiger partial charge in [0.1, 0.15) is 5.75 Å². The summed E-state index contributed by atoms with van der Waals surface area (Å²) >= 11 is 0. The fourth-order valence-electron chi connectivity index (χ4n) is 1.60. The van der Waals surface area contributed by atoms with Crippen LogP contribution < -0.4 is 10.1 Å². The van der Waals surface area contributed by atoms with Crippen LogP contribution in [0.15, 0.2) is 36.9 Å². The van der Waals surface area contributed by atoms with Gasteiger partial charge < -0.3 is 10.1 Å². The van der Waals surface area contributed by atoms with E-state index in [1.54, 1.807) is 12.1 Å². The van der Waals surface area contributed by atoms with Gasteiger partial charge in [0.25, 0.3) is 0 Å². The Kier molecular flexibility index (Phi) is 6.25.